The molecule has 3 aromatic heterocycles. The zero-order valence-corrected chi connectivity index (χ0v) is 12.4. The fraction of sp³-hybridized carbons (Fsp3) is 0.333. The Balaban J connectivity index is 1.66. The minimum absolute atomic E-state index is 0.379. The predicted molar refractivity (Wildman–Crippen MR) is 82.3 cm³/mol. The summed E-state index contributed by atoms with van der Waals surface area (Å²) in [6.45, 7) is 1.57. The van der Waals surface area contributed by atoms with Gasteiger partial charge in [-0.3, -0.25) is 4.68 Å². The Kier molecular flexibility index (Phi) is 3.51. The lowest BCUT2D eigenvalue weighted by molar-refractivity contribution is 0.0662. The van der Waals surface area contributed by atoms with Crippen LogP contribution >= 0.6 is 0 Å². The monoisotopic (exact) mass is 312 g/mol. The molecule has 0 aromatic carbocycles. The number of anilines is 1. The summed E-state index contributed by atoms with van der Waals surface area (Å²) in [6.07, 6.45) is 9.08. The molecule has 0 radical (unpaired) electrons. The number of nitrogens with two attached hydrogens (primary N) is 1. The largest absolute Gasteiger partial charge is 0.383 e. The third-order valence-corrected chi connectivity index (χ3v) is 4.05. The van der Waals surface area contributed by atoms with E-state index in [-0.39, 0.29) is 0 Å². The molecule has 4 heterocycles. The second-order valence-electron chi connectivity index (χ2n) is 5.49. The van der Waals surface area contributed by atoms with Crippen molar-refractivity contribution in [2.45, 2.75) is 18.9 Å². The molecule has 1 fully saturated rings. The lowest BCUT2D eigenvalue weighted by Crippen LogP contribution is -2.19. The molecule has 0 unspecified atom stereocenters. The quantitative estimate of drug-likeness (QED) is 0.787. The minimum atomic E-state index is 0.379. The maximum Gasteiger partial charge on any atom is 0.191 e. The van der Waals surface area contributed by atoms with Crippen molar-refractivity contribution >= 4 is 5.82 Å². The van der Waals surface area contributed by atoms with E-state index >= 15 is 0 Å². The molecule has 118 valence electrons. The fourth-order valence-electron chi connectivity index (χ4n) is 2.75. The molecule has 2 N–H and O–H groups in total. The first-order valence-electron chi connectivity index (χ1n) is 7.47. The molecule has 8 heteroatoms. The predicted octanol–water partition coefficient (Wildman–Crippen LogP) is 1.93. The van der Waals surface area contributed by atoms with Gasteiger partial charge in [-0.2, -0.15) is 5.10 Å². The Bertz CT molecular complexity index is 792. The zero-order valence-electron chi connectivity index (χ0n) is 12.4. The van der Waals surface area contributed by atoms with Gasteiger partial charge in [-0.05, 0) is 18.9 Å². The number of rotatable bonds is 3. The summed E-state index contributed by atoms with van der Waals surface area (Å²) in [6, 6.07) is 2.30. The molecule has 0 spiro atoms. The maximum atomic E-state index is 5.92. The van der Waals surface area contributed by atoms with Gasteiger partial charge in [0, 0.05) is 42.0 Å². The van der Waals surface area contributed by atoms with E-state index in [4.69, 9.17) is 15.0 Å². The van der Waals surface area contributed by atoms with Crippen LogP contribution in [0.25, 0.3) is 22.5 Å². The van der Waals surface area contributed by atoms with E-state index in [9.17, 15) is 0 Å². The summed E-state index contributed by atoms with van der Waals surface area (Å²) >= 11 is 0. The lowest BCUT2D eigenvalue weighted by Gasteiger charge is -2.22. The van der Waals surface area contributed by atoms with Gasteiger partial charge in [0.2, 0.25) is 0 Å². The zero-order chi connectivity index (χ0) is 15.6. The van der Waals surface area contributed by atoms with Crippen molar-refractivity contribution in [1.82, 2.24) is 25.1 Å². The number of hydrogen-bond donors (Lipinski definition) is 1. The lowest BCUT2D eigenvalue weighted by atomic mass is 10.1. The van der Waals surface area contributed by atoms with Gasteiger partial charge in [0.05, 0.1) is 24.0 Å². The minimum Gasteiger partial charge on any atom is -0.383 e. The third-order valence-electron chi connectivity index (χ3n) is 4.05. The average Bonchev–Trinajstić information content (AvgIpc) is 3.28. The Morgan fingerprint density at radius 1 is 1.13 bits per heavy atom. The van der Waals surface area contributed by atoms with Gasteiger partial charge in [-0.25, -0.2) is 4.98 Å². The molecule has 0 atom stereocenters. The average molecular weight is 312 g/mol. The fourth-order valence-corrected chi connectivity index (χ4v) is 2.75. The van der Waals surface area contributed by atoms with E-state index in [1.807, 2.05) is 23.1 Å². The van der Waals surface area contributed by atoms with Crippen molar-refractivity contribution in [3.8, 4) is 22.5 Å². The number of aromatic nitrogens is 5. The number of pyridine rings is 1. The van der Waals surface area contributed by atoms with Gasteiger partial charge in [0.25, 0.3) is 0 Å². The maximum absolute atomic E-state index is 5.92. The van der Waals surface area contributed by atoms with Gasteiger partial charge in [0.15, 0.2) is 5.76 Å². The van der Waals surface area contributed by atoms with E-state index < -0.39 is 0 Å². The number of nitrogen functional groups attached to an aromatic ring is 1. The topological polar surface area (TPSA) is 105 Å². The molecule has 1 saturated heterocycles. The molecule has 1 aliphatic heterocycles. The summed E-state index contributed by atoms with van der Waals surface area (Å²) < 4.78 is 12.5. The highest BCUT2D eigenvalue weighted by atomic mass is 16.5. The van der Waals surface area contributed by atoms with Crippen molar-refractivity contribution in [2.75, 3.05) is 18.9 Å². The van der Waals surface area contributed by atoms with E-state index in [0.29, 0.717) is 23.2 Å². The summed E-state index contributed by atoms with van der Waals surface area (Å²) in [5, 5.41) is 11.6. The molecule has 0 amide bonds. The Morgan fingerprint density at radius 3 is 2.78 bits per heavy atom. The summed E-state index contributed by atoms with van der Waals surface area (Å²) in [5.41, 5.74) is 8.50. The van der Waals surface area contributed by atoms with Gasteiger partial charge in [-0.15, -0.1) is 5.10 Å². The van der Waals surface area contributed by atoms with Crippen LogP contribution in [0.3, 0.4) is 0 Å². The van der Waals surface area contributed by atoms with Gasteiger partial charge < -0.3 is 15.0 Å². The van der Waals surface area contributed by atoms with Crippen LogP contribution in [0.1, 0.15) is 18.9 Å². The molecule has 4 rings (SSSR count). The normalized spacial score (nSPS) is 15.8. The Morgan fingerprint density at radius 2 is 2.00 bits per heavy atom. The first-order valence-corrected chi connectivity index (χ1v) is 7.47. The van der Waals surface area contributed by atoms with E-state index in [2.05, 4.69) is 20.5 Å². The van der Waals surface area contributed by atoms with Crippen LogP contribution in [0, 0.1) is 0 Å². The second-order valence-corrected chi connectivity index (χ2v) is 5.49. The van der Waals surface area contributed by atoms with E-state index in [1.54, 1.807) is 6.20 Å². The molecule has 8 nitrogen and oxygen atoms in total. The van der Waals surface area contributed by atoms with Crippen LogP contribution in [0.4, 0.5) is 5.82 Å². The van der Waals surface area contributed by atoms with Crippen molar-refractivity contribution in [3.63, 3.8) is 0 Å². The molecular weight excluding hydrogens is 296 g/mol. The molecule has 3 aromatic rings. The smallest absolute Gasteiger partial charge is 0.191 e. The third kappa shape index (κ3) is 2.68. The van der Waals surface area contributed by atoms with Gasteiger partial charge >= 0.3 is 0 Å². The van der Waals surface area contributed by atoms with Gasteiger partial charge in [-0.1, -0.05) is 0 Å². The molecular formula is C15H16N6O2. The van der Waals surface area contributed by atoms with Crippen LogP contribution in [-0.4, -0.2) is 38.3 Å². The van der Waals surface area contributed by atoms with Crippen molar-refractivity contribution in [2.24, 2.45) is 0 Å². The Labute approximate surface area is 132 Å². The standard InChI is InChI=1S/C15H16N6O2/c16-15-13(14-8-18-20-23-14)5-10(6-17-15)11-7-19-21(9-11)12-1-3-22-4-2-12/h5-9,12H,1-4H2,(H2,16,17). The highest BCUT2D eigenvalue weighted by molar-refractivity contribution is 5.75. The van der Waals surface area contributed by atoms with Crippen LogP contribution < -0.4 is 5.73 Å². The number of hydrogen-bond acceptors (Lipinski definition) is 7. The second kappa shape index (κ2) is 5.81. The SMILES string of the molecule is Nc1ncc(-c2cnn(C3CCOCC3)c2)cc1-c1cnno1. The highest BCUT2D eigenvalue weighted by Crippen LogP contribution is 2.30. The first kappa shape index (κ1) is 13.9. The van der Waals surface area contributed by atoms with Crippen LogP contribution in [0.15, 0.2) is 35.4 Å². The molecule has 0 bridgehead atoms. The summed E-state index contributed by atoms with van der Waals surface area (Å²) in [5.74, 6) is 0.873. The first-order chi connectivity index (χ1) is 11.3. The highest BCUT2D eigenvalue weighted by Gasteiger charge is 2.17. The molecule has 23 heavy (non-hydrogen) atoms. The number of ether oxygens (including phenoxy) is 1. The Hall–Kier alpha value is -2.74. The molecule has 0 saturated carbocycles. The van der Waals surface area contributed by atoms with Crippen LogP contribution in [0.5, 0.6) is 0 Å². The summed E-state index contributed by atoms with van der Waals surface area (Å²) in [4.78, 5) is 4.24. The summed E-state index contributed by atoms with van der Waals surface area (Å²) in [7, 11) is 0. The molecule has 0 aliphatic carbocycles. The molecule has 1 aliphatic rings. The number of nitrogens with zero attached hydrogens (tertiary/aromatic N) is 5. The van der Waals surface area contributed by atoms with Crippen molar-refractivity contribution in [1.29, 1.82) is 0 Å². The van der Waals surface area contributed by atoms with E-state index in [0.717, 1.165) is 37.2 Å². The van der Waals surface area contributed by atoms with Gasteiger partial charge in [0.1, 0.15) is 5.82 Å². The van der Waals surface area contributed by atoms with Crippen LogP contribution in [-0.2, 0) is 4.74 Å². The van der Waals surface area contributed by atoms with E-state index in [1.165, 1.54) is 6.20 Å². The van der Waals surface area contributed by atoms with Crippen LogP contribution in [0.2, 0.25) is 0 Å². The van der Waals surface area contributed by atoms with Crippen molar-refractivity contribution in [3.05, 3.63) is 30.9 Å². The van der Waals surface area contributed by atoms with Crippen molar-refractivity contribution < 1.29 is 9.26 Å².